The molecule has 0 fully saturated rings. The number of carbonyl (C=O) groups is 3. The summed E-state index contributed by atoms with van der Waals surface area (Å²) in [5, 5.41) is 30.1. The molecule has 1 heterocycles. The third-order valence-corrected chi connectivity index (χ3v) is 15.5. The standard InChI is InChI=1S/C67H104N4O10S/c1-3-5-7-9-11-13-15-17-19-21-23-25-27-29-31-33-43-71(44-34-32-30-28-26-24-22-20-18-16-14-12-10-8-6-4-2)64(75)53-80-52-63(74)68-41-45-78-47-48-79-46-42-69-67(82)70-54-35-38-57(60(49-54)66(76)77)65-58-39-36-55(72)50-61(58)81-62-51-56(73)37-40-59(62)65/h35-40,49-51,72H,3-34,41-48,52-53H2,1-2H3,(H,68,74)(H,76,77)(H2,69,70,82). The molecule has 0 spiro atoms. The van der Waals surface area contributed by atoms with E-state index in [4.69, 9.17) is 30.8 Å². The molecule has 0 saturated carbocycles. The first-order valence-corrected chi connectivity index (χ1v) is 32.4. The summed E-state index contributed by atoms with van der Waals surface area (Å²) in [4.78, 5) is 52.7. The maximum absolute atomic E-state index is 13.4. The average molecular weight is 1160 g/mol. The molecule has 0 radical (unpaired) electrons. The van der Waals surface area contributed by atoms with E-state index in [0.717, 1.165) is 38.8 Å². The number of phenols is 1. The molecule has 0 unspecified atom stereocenters. The number of nitrogens with zero attached hydrogens (tertiary/aromatic N) is 1. The van der Waals surface area contributed by atoms with Crippen LogP contribution in [0.3, 0.4) is 0 Å². The van der Waals surface area contributed by atoms with E-state index in [1.165, 1.54) is 210 Å². The van der Waals surface area contributed by atoms with Crippen LogP contribution in [0, 0.1) is 0 Å². The van der Waals surface area contributed by atoms with Gasteiger partial charge in [-0.2, -0.15) is 0 Å². The number of fused-ring (bicyclic) bond motifs is 2. The van der Waals surface area contributed by atoms with Crippen LogP contribution in [0.15, 0.2) is 63.8 Å². The molecule has 458 valence electrons. The second kappa shape index (κ2) is 44.4. The first-order chi connectivity index (χ1) is 40.1. The Hall–Kier alpha value is -5.09. The Morgan fingerprint density at radius 1 is 0.537 bits per heavy atom. The second-order valence-corrected chi connectivity index (χ2v) is 22.7. The van der Waals surface area contributed by atoms with E-state index in [-0.39, 0.29) is 52.6 Å². The molecule has 5 N–H and O–H groups in total. The third kappa shape index (κ3) is 29.9. The molecule has 1 aliphatic carbocycles. The molecule has 4 rings (SSSR count). The number of hydrogen-bond donors (Lipinski definition) is 5. The van der Waals surface area contributed by atoms with Crippen molar-refractivity contribution in [2.45, 2.75) is 219 Å². The highest BCUT2D eigenvalue weighted by molar-refractivity contribution is 7.80. The fraction of sp³-hybridized carbons (Fsp3) is 0.657. The lowest BCUT2D eigenvalue weighted by molar-refractivity contribution is -0.138. The van der Waals surface area contributed by atoms with E-state index in [1.807, 2.05) is 4.90 Å². The van der Waals surface area contributed by atoms with Crippen molar-refractivity contribution in [2.24, 2.45) is 0 Å². The molecule has 1 aliphatic heterocycles. The Morgan fingerprint density at radius 3 is 1.51 bits per heavy atom. The van der Waals surface area contributed by atoms with Crippen molar-refractivity contribution in [1.29, 1.82) is 0 Å². The van der Waals surface area contributed by atoms with Crippen molar-refractivity contribution in [3.05, 3.63) is 70.4 Å². The van der Waals surface area contributed by atoms with Crippen molar-refractivity contribution in [2.75, 3.05) is 71.1 Å². The lowest BCUT2D eigenvalue weighted by Gasteiger charge is -2.23. The Morgan fingerprint density at radius 2 is 1.01 bits per heavy atom. The van der Waals surface area contributed by atoms with Gasteiger partial charge in [0.15, 0.2) is 10.5 Å². The summed E-state index contributed by atoms with van der Waals surface area (Å²) in [5.74, 6) is -1.27. The van der Waals surface area contributed by atoms with Crippen molar-refractivity contribution in [3.8, 4) is 28.2 Å². The summed E-state index contributed by atoms with van der Waals surface area (Å²) in [6, 6.07) is 13.8. The molecule has 2 amide bonds. The molecule has 0 bridgehead atoms. The molecule has 82 heavy (non-hydrogen) atoms. The largest absolute Gasteiger partial charge is 0.508 e. The number of unbranched alkanes of at least 4 members (excludes halogenated alkanes) is 30. The molecule has 2 aliphatic rings. The fourth-order valence-corrected chi connectivity index (χ4v) is 10.8. The molecule has 15 heteroatoms. The molecule has 0 saturated heterocycles. The molecule has 0 aromatic heterocycles. The van der Waals surface area contributed by atoms with Crippen LogP contribution >= 0.6 is 12.2 Å². The highest BCUT2D eigenvalue weighted by Gasteiger charge is 2.23. The van der Waals surface area contributed by atoms with Gasteiger partial charge in [-0.1, -0.05) is 213 Å². The van der Waals surface area contributed by atoms with Crippen LogP contribution in [0.2, 0.25) is 0 Å². The Kier molecular flexibility index (Phi) is 37.6. The highest BCUT2D eigenvalue weighted by atomic mass is 32.1. The number of ether oxygens (including phenoxy) is 3. The van der Waals surface area contributed by atoms with Gasteiger partial charge in [-0.3, -0.25) is 14.4 Å². The van der Waals surface area contributed by atoms with Crippen molar-refractivity contribution < 1.29 is 43.2 Å². The number of rotatable bonds is 50. The van der Waals surface area contributed by atoms with E-state index >= 15 is 0 Å². The molecular formula is C67H104N4O10S. The molecule has 14 nitrogen and oxygen atoms in total. The minimum absolute atomic E-state index is 0.00277. The predicted octanol–water partition coefficient (Wildman–Crippen LogP) is 15.8. The summed E-state index contributed by atoms with van der Waals surface area (Å²) >= 11 is 5.47. The third-order valence-electron chi connectivity index (χ3n) is 15.3. The minimum atomic E-state index is -1.16. The van der Waals surface area contributed by atoms with Gasteiger partial charge < -0.3 is 49.7 Å². The number of nitrogens with one attached hydrogen (secondary N) is 3. The number of amides is 2. The molecule has 0 atom stereocenters. The zero-order valence-electron chi connectivity index (χ0n) is 50.4. The summed E-state index contributed by atoms with van der Waals surface area (Å²) in [7, 11) is 0. The van der Waals surface area contributed by atoms with Crippen LogP contribution in [0.4, 0.5) is 5.69 Å². The number of thiocarbonyl (C=S) groups is 1. The fourth-order valence-electron chi connectivity index (χ4n) is 10.6. The van der Waals surface area contributed by atoms with Gasteiger partial charge >= 0.3 is 5.97 Å². The van der Waals surface area contributed by atoms with Crippen LogP contribution in [0.1, 0.15) is 230 Å². The van der Waals surface area contributed by atoms with E-state index < -0.39 is 5.97 Å². The van der Waals surface area contributed by atoms with Gasteiger partial charge in [0.25, 0.3) is 0 Å². The predicted molar refractivity (Wildman–Crippen MR) is 339 cm³/mol. The smallest absolute Gasteiger partial charge is 0.336 e. The number of anilines is 1. The monoisotopic (exact) mass is 1160 g/mol. The SMILES string of the molecule is CCCCCCCCCCCCCCCCCCN(CCCCCCCCCCCCCCCCCC)C(=O)COCC(=O)NCCOCCOCCNC(=S)Nc1ccc(-c2c3ccc(=O)cc-3oc3cc(O)ccc23)c(C(=O)O)c1. The summed E-state index contributed by atoms with van der Waals surface area (Å²) in [6.07, 6.45) is 42.1. The van der Waals surface area contributed by atoms with Crippen LogP contribution in [-0.4, -0.2) is 104 Å². The maximum atomic E-state index is 13.4. The first-order valence-electron chi connectivity index (χ1n) is 32.0. The van der Waals surface area contributed by atoms with Crippen LogP contribution in [0.25, 0.3) is 33.4 Å². The molecular weight excluding hydrogens is 1050 g/mol. The second-order valence-electron chi connectivity index (χ2n) is 22.3. The highest BCUT2D eigenvalue weighted by Crippen LogP contribution is 2.42. The van der Waals surface area contributed by atoms with Gasteiger partial charge in [0.1, 0.15) is 30.3 Å². The van der Waals surface area contributed by atoms with Gasteiger partial charge in [-0.15, -0.1) is 0 Å². The minimum Gasteiger partial charge on any atom is -0.508 e. The number of carbonyl (C=O) groups excluding carboxylic acids is 2. The zero-order chi connectivity index (χ0) is 58.7. The quantitative estimate of drug-likeness (QED) is 0.0160. The topological polar surface area (TPSA) is 189 Å². The van der Waals surface area contributed by atoms with Gasteiger partial charge in [-0.05, 0) is 67.0 Å². The van der Waals surface area contributed by atoms with Crippen molar-refractivity contribution in [3.63, 3.8) is 0 Å². The number of carboxylic acids is 1. The first kappa shape index (κ1) is 69.4. The summed E-state index contributed by atoms with van der Waals surface area (Å²) in [5.41, 5.74) is 1.98. The van der Waals surface area contributed by atoms with Crippen molar-refractivity contribution in [1.82, 2.24) is 15.5 Å². The number of aromatic hydroxyl groups is 1. The van der Waals surface area contributed by atoms with Crippen LogP contribution in [0.5, 0.6) is 5.75 Å². The lowest BCUT2D eigenvalue weighted by Crippen LogP contribution is -2.37. The average Bonchev–Trinajstić information content (AvgIpc) is 3.59. The summed E-state index contributed by atoms with van der Waals surface area (Å²) < 4.78 is 22.9. The molecule has 2 aromatic rings. The number of aromatic carboxylic acids is 1. The Balaban J connectivity index is 1.05. The normalized spacial score (nSPS) is 11.4. The number of benzene rings is 3. The van der Waals surface area contributed by atoms with Crippen LogP contribution < -0.4 is 21.4 Å². The van der Waals surface area contributed by atoms with E-state index in [9.17, 15) is 29.4 Å². The van der Waals surface area contributed by atoms with Gasteiger partial charge in [0.05, 0.1) is 32.0 Å². The molecule has 2 aromatic carbocycles. The van der Waals surface area contributed by atoms with E-state index in [1.54, 1.807) is 24.3 Å². The van der Waals surface area contributed by atoms with Crippen LogP contribution in [-0.2, 0) is 23.8 Å². The number of phenolic OH excluding ortho intramolecular Hbond substituents is 1. The number of carboxylic acid groups (broad SMARTS) is 1. The maximum Gasteiger partial charge on any atom is 0.336 e. The van der Waals surface area contributed by atoms with Gasteiger partial charge in [-0.25, -0.2) is 4.79 Å². The van der Waals surface area contributed by atoms with Crippen molar-refractivity contribution >= 4 is 51.8 Å². The summed E-state index contributed by atoms with van der Waals surface area (Å²) in [6.45, 7) is 7.70. The lowest BCUT2D eigenvalue weighted by atomic mass is 9.90. The van der Waals surface area contributed by atoms with Gasteiger partial charge in [0.2, 0.25) is 11.8 Å². The Labute approximate surface area is 497 Å². The zero-order valence-corrected chi connectivity index (χ0v) is 51.2. The Bertz CT molecular complexity index is 2380. The number of hydrogen-bond acceptors (Lipinski definition) is 10. The van der Waals surface area contributed by atoms with E-state index in [0.29, 0.717) is 72.9 Å². The van der Waals surface area contributed by atoms with E-state index in [2.05, 4.69) is 29.8 Å². The van der Waals surface area contributed by atoms with Gasteiger partial charge in [0, 0.05) is 60.5 Å².